The van der Waals surface area contributed by atoms with Gasteiger partial charge in [-0.1, -0.05) is 26.7 Å². The molecule has 1 heterocycles. The van der Waals surface area contributed by atoms with E-state index in [1.54, 1.807) is 0 Å². The van der Waals surface area contributed by atoms with Gasteiger partial charge in [0.15, 0.2) is 0 Å². The summed E-state index contributed by atoms with van der Waals surface area (Å²) >= 11 is 0. The molecule has 2 N–H and O–H groups in total. The fourth-order valence-corrected chi connectivity index (χ4v) is 2.94. The monoisotopic (exact) mass is 241 g/mol. The molecule has 0 aliphatic carbocycles. The predicted molar refractivity (Wildman–Crippen MR) is 75.4 cm³/mol. The third-order valence-electron chi connectivity index (χ3n) is 4.16. The highest BCUT2D eigenvalue weighted by Gasteiger charge is 2.21. The molecule has 0 amide bonds. The van der Waals surface area contributed by atoms with Crippen molar-refractivity contribution in [3.8, 4) is 0 Å². The number of hydrogen-bond acceptors (Lipinski definition) is 3. The van der Waals surface area contributed by atoms with Crippen molar-refractivity contribution in [2.75, 3.05) is 33.7 Å². The second-order valence-electron chi connectivity index (χ2n) is 5.56. The molecule has 1 aliphatic rings. The maximum atomic E-state index is 3.65. The number of rotatable bonds is 8. The van der Waals surface area contributed by atoms with Gasteiger partial charge in [0.25, 0.3) is 0 Å². The summed E-state index contributed by atoms with van der Waals surface area (Å²) in [5.74, 6) is 0.814. The Bertz CT molecular complexity index is 184. The van der Waals surface area contributed by atoms with Crippen molar-refractivity contribution in [3.63, 3.8) is 0 Å². The van der Waals surface area contributed by atoms with Gasteiger partial charge in [-0.25, -0.2) is 0 Å². The molecule has 1 fully saturated rings. The maximum Gasteiger partial charge on any atom is 0.0242 e. The first kappa shape index (κ1) is 14.9. The fraction of sp³-hybridized carbons (Fsp3) is 1.00. The second-order valence-corrected chi connectivity index (χ2v) is 5.56. The van der Waals surface area contributed by atoms with E-state index in [1.165, 1.54) is 32.2 Å². The summed E-state index contributed by atoms with van der Waals surface area (Å²) in [6, 6.07) is 1.38. The highest BCUT2D eigenvalue weighted by Crippen LogP contribution is 2.16. The molecule has 0 bridgehead atoms. The van der Waals surface area contributed by atoms with Crippen molar-refractivity contribution in [1.29, 1.82) is 0 Å². The minimum absolute atomic E-state index is 0.673. The third kappa shape index (κ3) is 4.94. The van der Waals surface area contributed by atoms with E-state index >= 15 is 0 Å². The van der Waals surface area contributed by atoms with E-state index in [0.29, 0.717) is 12.1 Å². The molecule has 0 saturated carbocycles. The van der Waals surface area contributed by atoms with Crippen LogP contribution in [0.25, 0.3) is 0 Å². The molecule has 3 nitrogen and oxygen atoms in total. The Hall–Kier alpha value is -0.120. The summed E-state index contributed by atoms with van der Waals surface area (Å²) in [6.45, 7) is 8.07. The molecule has 0 spiro atoms. The van der Waals surface area contributed by atoms with Crippen LogP contribution in [-0.4, -0.2) is 50.7 Å². The molecular formula is C14H31N3. The molecule has 2 unspecified atom stereocenters. The molecule has 3 heteroatoms. The van der Waals surface area contributed by atoms with Crippen LogP contribution < -0.4 is 10.6 Å². The molecule has 0 aromatic heterocycles. The molecule has 1 saturated heterocycles. The largest absolute Gasteiger partial charge is 0.314 e. The van der Waals surface area contributed by atoms with Crippen LogP contribution in [-0.2, 0) is 0 Å². The second kappa shape index (κ2) is 8.06. The van der Waals surface area contributed by atoms with Crippen LogP contribution in [0, 0.1) is 5.92 Å². The zero-order chi connectivity index (χ0) is 12.7. The molecule has 0 aromatic carbocycles. The van der Waals surface area contributed by atoms with Crippen LogP contribution in [0.4, 0.5) is 0 Å². The molecular weight excluding hydrogens is 210 g/mol. The first-order chi connectivity index (χ1) is 8.19. The highest BCUT2D eigenvalue weighted by molar-refractivity contribution is 4.80. The number of nitrogens with one attached hydrogen (secondary N) is 2. The predicted octanol–water partition coefficient (Wildman–Crippen LogP) is 1.69. The van der Waals surface area contributed by atoms with Gasteiger partial charge in [0, 0.05) is 25.2 Å². The molecule has 1 rings (SSSR count). The molecule has 0 radical (unpaired) electrons. The minimum atomic E-state index is 0.673. The van der Waals surface area contributed by atoms with Crippen LogP contribution in [0.1, 0.15) is 39.5 Å². The van der Waals surface area contributed by atoms with E-state index < -0.39 is 0 Å². The normalized spacial score (nSPS) is 22.6. The van der Waals surface area contributed by atoms with Gasteiger partial charge >= 0.3 is 0 Å². The van der Waals surface area contributed by atoms with Gasteiger partial charge in [-0.15, -0.1) is 0 Å². The van der Waals surface area contributed by atoms with Gasteiger partial charge in [-0.05, 0) is 39.4 Å². The number of nitrogens with zero attached hydrogens (tertiary/aromatic N) is 1. The van der Waals surface area contributed by atoms with Gasteiger partial charge in [-0.2, -0.15) is 0 Å². The highest BCUT2D eigenvalue weighted by atomic mass is 15.1. The van der Waals surface area contributed by atoms with Gasteiger partial charge in [0.2, 0.25) is 0 Å². The lowest BCUT2D eigenvalue weighted by Gasteiger charge is -2.32. The van der Waals surface area contributed by atoms with Crippen molar-refractivity contribution in [2.24, 2.45) is 5.92 Å². The average Bonchev–Trinajstić information content (AvgIpc) is 2.81. The van der Waals surface area contributed by atoms with Crippen molar-refractivity contribution < 1.29 is 0 Å². The van der Waals surface area contributed by atoms with Gasteiger partial charge < -0.3 is 15.5 Å². The zero-order valence-electron chi connectivity index (χ0n) is 12.1. The van der Waals surface area contributed by atoms with Crippen LogP contribution in [0.5, 0.6) is 0 Å². The van der Waals surface area contributed by atoms with E-state index in [-0.39, 0.29) is 0 Å². The molecule has 0 aromatic rings. The molecule has 17 heavy (non-hydrogen) atoms. The van der Waals surface area contributed by atoms with Crippen LogP contribution in [0.15, 0.2) is 0 Å². The van der Waals surface area contributed by atoms with Crippen LogP contribution >= 0.6 is 0 Å². The Morgan fingerprint density at radius 1 is 1.29 bits per heavy atom. The van der Waals surface area contributed by atoms with Crippen molar-refractivity contribution in [3.05, 3.63) is 0 Å². The Morgan fingerprint density at radius 2 is 2.00 bits per heavy atom. The average molecular weight is 241 g/mol. The lowest BCUT2D eigenvalue weighted by atomic mass is 9.93. The van der Waals surface area contributed by atoms with Gasteiger partial charge in [0.05, 0.1) is 0 Å². The van der Waals surface area contributed by atoms with Crippen molar-refractivity contribution in [2.45, 2.75) is 51.6 Å². The quantitative estimate of drug-likeness (QED) is 0.677. The van der Waals surface area contributed by atoms with Crippen molar-refractivity contribution in [1.82, 2.24) is 15.5 Å². The summed E-state index contributed by atoms with van der Waals surface area (Å²) < 4.78 is 0. The summed E-state index contributed by atoms with van der Waals surface area (Å²) in [4.78, 5) is 2.38. The Balaban J connectivity index is 2.28. The molecule has 102 valence electrons. The first-order valence-electron chi connectivity index (χ1n) is 7.29. The molecule has 1 aliphatic heterocycles. The van der Waals surface area contributed by atoms with E-state index in [9.17, 15) is 0 Å². The van der Waals surface area contributed by atoms with E-state index in [4.69, 9.17) is 0 Å². The van der Waals surface area contributed by atoms with E-state index in [2.05, 4.69) is 43.5 Å². The van der Waals surface area contributed by atoms with Crippen LogP contribution in [0.3, 0.4) is 0 Å². The topological polar surface area (TPSA) is 27.3 Å². The lowest BCUT2D eigenvalue weighted by molar-refractivity contribution is 0.193. The molecule has 2 atom stereocenters. The Kier molecular flexibility index (Phi) is 7.09. The summed E-state index contributed by atoms with van der Waals surface area (Å²) in [6.07, 6.45) is 5.24. The summed E-state index contributed by atoms with van der Waals surface area (Å²) in [5, 5.41) is 7.19. The lowest BCUT2D eigenvalue weighted by Crippen LogP contribution is -2.45. The summed E-state index contributed by atoms with van der Waals surface area (Å²) in [7, 11) is 4.41. The number of likely N-dealkylation sites (N-methyl/N-ethyl adjacent to an activating group) is 1. The van der Waals surface area contributed by atoms with E-state index in [0.717, 1.165) is 19.0 Å². The standard InChI is InChI=1S/C14H31N3/c1-5-12(6-2)14(17(3)4)11-15-10-13-8-7-9-16-13/h12-16H,5-11H2,1-4H3. The van der Waals surface area contributed by atoms with Gasteiger partial charge in [-0.3, -0.25) is 0 Å². The third-order valence-corrected chi connectivity index (χ3v) is 4.16. The smallest absolute Gasteiger partial charge is 0.0242 e. The summed E-state index contributed by atoms with van der Waals surface area (Å²) in [5.41, 5.74) is 0. The van der Waals surface area contributed by atoms with Crippen LogP contribution in [0.2, 0.25) is 0 Å². The first-order valence-corrected chi connectivity index (χ1v) is 7.29. The maximum absolute atomic E-state index is 3.65. The zero-order valence-corrected chi connectivity index (χ0v) is 12.1. The number of hydrogen-bond donors (Lipinski definition) is 2. The SMILES string of the molecule is CCC(CC)C(CNCC1CCCN1)N(C)C. The minimum Gasteiger partial charge on any atom is -0.314 e. The van der Waals surface area contributed by atoms with Crippen molar-refractivity contribution >= 4 is 0 Å². The Labute approximate surface area is 107 Å². The van der Waals surface area contributed by atoms with Gasteiger partial charge in [0.1, 0.15) is 0 Å². The Morgan fingerprint density at radius 3 is 2.47 bits per heavy atom. The fourth-order valence-electron chi connectivity index (χ4n) is 2.94. The van der Waals surface area contributed by atoms with E-state index in [1.807, 2.05) is 0 Å².